The molecule has 0 fully saturated rings. The van der Waals surface area contributed by atoms with Crippen molar-refractivity contribution in [2.75, 3.05) is 24.3 Å². The van der Waals surface area contributed by atoms with Crippen LogP contribution < -0.4 is 10.2 Å². The van der Waals surface area contributed by atoms with Crippen LogP contribution in [0.1, 0.15) is 15.6 Å². The van der Waals surface area contributed by atoms with Gasteiger partial charge < -0.3 is 10.2 Å². The predicted molar refractivity (Wildman–Crippen MR) is 92.8 cm³/mol. The number of hydrogen-bond donors (Lipinski definition) is 1. The van der Waals surface area contributed by atoms with Crippen LogP contribution in [0.2, 0.25) is 0 Å². The zero-order valence-electron chi connectivity index (χ0n) is 13.2. The van der Waals surface area contributed by atoms with Gasteiger partial charge >= 0.3 is 0 Å². The van der Waals surface area contributed by atoms with E-state index >= 15 is 0 Å². The first-order valence-corrected chi connectivity index (χ1v) is 7.97. The molecule has 0 radical (unpaired) electrons. The highest BCUT2D eigenvalue weighted by Crippen LogP contribution is 2.24. The van der Waals surface area contributed by atoms with E-state index in [1.165, 1.54) is 4.88 Å². The number of aryl methyl sites for hydroxylation is 2. The summed E-state index contributed by atoms with van der Waals surface area (Å²) in [6.45, 7) is 4.81. The Kier molecular flexibility index (Phi) is 3.94. The first kappa shape index (κ1) is 14.7. The first-order valence-electron chi connectivity index (χ1n) is 7.15. The Balaban J connectivity index is 1.96. The molecule has 0 bridgehead atoms. The van der Waals surface area contributed by atoms with Crippen LogP contribution in [0.5, 0.6) is 0 Å². The minimum Gasteiger partial charge on any atom is -0.364 e. The normalized spacial score (nSPS) is 10.9. The van der Waals surface area contributed by atoms with Crippen LogP contribution in [0, 0.1) is 13.8 Å². The Morgan fingerprint density at radius 2 is 1.86 bits per heavy atom. The topological polar surface area (TPSA) is 53.9 Å². The Morgan fingerprint density at radius 3 is 2.55 bits per heavy atom. The quantitative estimate of drug-likeness (QED) is 0.800. The number of nitrogens with one attached hydrogen (secondary N) is 1. The maximum atomic E-state index is 4.64. The van der Waals surface area contributed by atoms with Gasteiger partial charge in [0.25, 0.3) is 0 Å². The molecule has 22 heavy (non-hydrogen) atoms. The molecule has 1 N–H and O–H groups in total. The molecule has 3 aromatic rings. The molecule has 5 nitrogen and oxygen atoms in total. The molecule has 1 aromatic carbocycles. The first-order chi connectivity index (χ1) is 10.5. The fourth-order valence-electron chi connectivity index (χ4n) is 2.30. The molecule has 114 valence electrons. The lowest BCUT2D eigenvalue weighted by atomic mass is 10.2. The van der Waals surface area contributed by atoms with Gasteiger partial charge in [0.05, 0.1) is 22.8 Å². The molecule has 0 aliphatic rings. The third kappa shape index (κ3) is 2.87. The number of fused-ring (bicyclic) bond motifs is 1. The Morgan fingerprint density at radius 1 is 1.09 bits per heavy atom. The average Bonchev–Trinajstić information content (AvgIpc) is 2.82. The van der Waals surface area contributed by atoms with Crippen LogP contribution >= 0.6 is 11.3 Å². The second kappa shape index (κ2) is 5.88. The lowest BCUT2D eigenvalue weighted by Crippen LogP contribution is -2.14. The van der Waals surface area contributed by atoms with E-state index in [2.05, 4.69) is 20.3 Å². The molecule has 0 amide bonds. The summed E-state index contributed by atoms with van der Waals surface area (Å²) in [7, 11) is 3.90. The predicted octanol–water partition coefficient (Wildman–Crippen LogP) is 3.38. The third-order valence-electron chi connectivity index (χ3n) is 3.41. The van der Waals surface area contributed by atoms with Crippen molar-refractivity contribution >= 4 is 34.0 Å². The van der Waals surface area contributed by atoms with E-state index in [0.717, 1.165) is 34.0 Å². The standard InChI is InChI=1S/C16H19N5S/c1-10-14(22-11(2)18-10)9-17-15-12-7-5-6-8-13(12)19-16(20-15)21(3)4/h5-8H,9H2,1-4H3,(H,17,19,20). The summed E-state index contributed by atoms with van der Waals surface area (Å²) in [4.78, 5) is 16.8. The van der Waals surface area contributed by atoms with Crippen LogP contribution in [0.15, 0.2) is 24.3 Å². The summed E-state index contributed by atoms with van der Waals surface area (Å²) in [5.41, 5.74) is 2.03. The van der Waals surface area contributed by atoms with Crippen molar-refractivity contribution in [3.63, 3.8) is 0 Å². The van der Waals surface area contributed by atoms with Gasteiger partial charge in [-0.3, -0.25) is 0 Å². The summed E-state index contributed by atoms with van der Waals surface area (Å²) in [5.74, 6) is 1.57. The van der Waals surface area contributed by atoms with E-state index in [0.29, 0.717) is 5.95 Å². The van der Waals surface area contributed by atoms with Gasteiger partial charge in [0.1, 0.15) is 5.82 Å². The van der Waals surface area contributed by atoms with E-state index in [1.54, 1.807) is 11.3 Å². The number of hydrogen-bond acceptors (Lipinski definition) is 6. The number of aromatic nitrogens is 3. The van der Waals surface area contributed by atoms with Gasteiger partial charge in [-0.2, -0.15) is 4.98 Å². The molecule has 0 aliphatic carbocycles. The van der Waals surface area contributed by atoms with Crippen molar-refractivity contribution in [1.29, 1.82) is 0 Å². The summed E-state index contributed by atoms with van der Waals surface area (Å²) in [5, 5.41) is 5.57. The molecular formula is C16H19N5S. The van der Waals surface area contributed by atoms with Gasteiger partial charge in [0, 0.05) is 24.4 Å². The summed E-state index contributed by atoms with van der Waals surface area (Å²) < 4.78 is 0. The molecule has 0 aliphatic heterocycles. The number of rotatable bonds is 4. The monoisotopic (exact) mass is 313 g/mol. The highest BCUT2D eigenvalue weighted by atomic mass is 32.1. The van der Waals surface area contributed by atoms with E-state index in [9.17, 15) is 0 Å². The average molecular weight is 313 g/mol. The maximum absolute atomic E-state index is 4.64. The molecule has 0 saturated carbocycles. The van der Waals surface area contributed by atoms with Gasteiger partial charge in [0.2, 0.25) is 5.95 Å². The van der Waals surface area contributed by atoms with E-state index in [4.69, 9.17) is 0 Å². The van der Waals surface area contributed by atoms with E-state index in [1.807, 2.05) is 57.1 Å². The van der Waals surface area contributed by atoms with Gasteiger partial charge in [-0.1, -0.05) is 12.1 Å². The molecule has 6 heteroatoms. The number of nitrogens with zero attached hydrogens (tertiary/aromatic N) is 4. The lowest BCUT2D eigenvalue weighted by Gasteiger charge is -2.14. The second-order valence-corrected chi connectivity index (χ2v) is 6.67. The van der Waals surface area contributed by atoms with Crippen molar-refractivity contribution < 1.29 is 0 Å². The van der Waals surface area contributed by atoms with Crippen molar-refractivity contribution in [1.82, 2.24) is 15.0 Å². The van der Waals surface area contributed by atoms with Gasteiger partial charge in [-0.15, -0.1) is 11.3 Å². The number of benzene rings is 1. The molecule has 0 atom stereocenters. The molecule has 2 aromatic heterocycles. The van der Waals surface area contributed by atoms with Crippen LogP contribution in [-0.2, 0) is 6.54 Å². The Labute approximate surface area is 134 Å². The molecule has 0 unspecified atom stereocenters. The van der Waals surface area contributed by atoms with Crippen LogP contribution in [0.4, 0.5) is 11.8 Å². The van der Waals surface area contributed by atoms with Crippen molar-refractivity contribution in [3.05, 3.63) is 39.8 Å². The lowest BCUT2D eigenvalue weighted by molar-refractivity contribution is 1.01. The highest BCUT2D eigenvalue weighted by molar-refractivity contribution is 7.11. The highest BCUT2D eigenvalue weighted by Gasteiger charge is 2.10. The Bertz CT molecular complexity index is 809. The fourth-order valence-corrected chi connectivity index (χ4v) is 3.18. The zero-order valence-corrected chi connectivity index (χ0v) is 14.0. The SMILES string of the molecule is Cc1nc(C)c(CNc2nc(N(C)C)nc3ccccc23)s1. The minimum absolute atomic E-state index is 0.707. The van der Waals surface area contributed by atoms with Gasteiger partial charge in [0.15, 0.2) is 0 Å². The fraction of sp³-hybridized carbons (Fsp3) is 0.312. The summed E-state index contributed by atoms with van der Waals surface area (Å²) in [6, 6.07) is 8.06. The number of anilines is 2. The molecular weight excluding hydrogens is 294 g/mol. The van der Waals surface area contributed by atoms with Crippen molar-refractivity contribution in [3.8, 4) is 0 Å². The minimum atomic E-state index is 0.707. The van der Waals surface area contributed by atoms with Crippen LogP contribution in [-0.4, -0.2) is 29.0 Å². The van der Waals surface area contributed by atoms with Crippen molar-refractivity contribution in [2.24, 2.45) is 0 Å². The second-order valence-electron chi connectivity index (χ2n) is 5.38. The van der Waals surface area contributed by atoms with Crippen LogP contribution in [0.25, 0.3) is 10.9 Å². The Hall–Kier alpha value is -2.21. The van der Waals surface area contributed by atoms with Gasteiger partial charge in [-0.05, 0) is 26.0 Å². The van der Waals surface area contributed by atoms with Crippen molar-refractivity contribution in [2.45, 2.75) is 20.4 Å². The molecule has 3 rings (SSSR count). The zero-order chi connectivity index (χ0) is 15.7. The number of thiazole rings is 1. The molecule has 0 spiro atoms. The third-order valence-corrected chi connectivity index (χ3v) is 4.48. The number of para-hydroxylation sites is 1. The summed E-state index contributed by atoms with van der Waals surface area (Å²) in [6.07, 6.45) is 0. The molecule has 2 heterocycles. The smallest absolute Gasteiger partial charge is 0.227 e. The maximum Gasteiger partial charge on any atom is 0.227 e. The van der Waals surface area contributed by atoms with Gasteiger partial charge in [-0.25, -0.2) is 9.97 Å². The largest absolute Gasteiger partial charge is 0.364 e. The van der Waals surface area contributed by atoms with Crippen LogP contribution in [0.3, 0.4) is 0 Å². The summed E-state index contributed by atoms with van der Waals surface area (Å²) >= 11 is 1.72. The van der Waals surface area contributed by atoms with E-state index < -0.39 is 0 Å². The van der Waals surface area contributed by atoms with E-state index in [-0.39, 0.29) is 0 Å². The molecule has 0 saturated heterocycles.